The van der Waals surface area contributed by atoms with Crippen LogP contribution in [-0.2, 0) is 11.3 Å². The van der Waals surface area contributed by atoms with E-state index in [0.29, 0.717) is 16.8 Å². The number of nitrogens with one attached hydrogen (secondary N) is 1. The third-order valence-electron chi connectivity index (χ3n) is 4.15. The Morgan fingerprint density at radius 3 is 2.88 bits per heavy atom. The van der Waals surface area contributed by atoms with Crippen LogP contribution in [0.25, 0.3) is 0 Å². The van der Waals surface area contributed by atoms with Gasteiger partial charge in [-0.15, -0.1) is 5.10 Å². The lowest BCUT2D eigenvalue weighted by Gasteiger charge is -2.21. The number of tetrazole rings is 1. The fourth-order valence-corrected chi connectivity index (χ4v) is 3.63. The Morgan fingerprint density at radius 2 is 2.08 bits per heavy atom. The zero-order chi connectivity index (χ0) is 16.8. The molecular formula is C16H20FN5OS. The second-order valence-electron chi connectivity index (χ2n) is 5.85. The molecular weight excluding hydrogens is 329 g/mol. The van der Waals surface area contributed by atoms with Gasteiger partial charge in [0.05, 0.1) is 11.8 Å². The van der Waals surface area contributed by atoms with Gasteiger partial charge in [-0.05, 0) is 29.3 Å². The summed E-state index contributed by atoms with van der Waals surface area (Å²) in [6.45, 7) is 0.180. The molecule has 8 heteroatoms. The fraction of sp³-hybridized carbons (Fsp3) is 0.500. The van der Waals surface area contributed by atoms with E-state index in [4.69, 9.17) is 0 Å². The molecule has 1 aliphatic carbocycles. The molecule has 1 aromatic heterocycles. The molecule has 0 radical (unpaired) electrons. The van der Waals surface area contributed by atoms with Crippen molar-refractivity contribution in [2.45, 2.75) is 49.8 Å². The van der Waals surface area contributed by atoms with Crippen LogP contribution in [0.2, 0.25) is 0 Å². The Balaban J connectivity index is 1.50. The van der Waals surface area contributed by atoms with E-state index < -0.39 is 0 Å². The van der Waals surface area contributed by atoms with Crippen LogP contribution in [0.3, 0.4) is 0 Å². The van der Waals surface area contributed by atoms with Crippen LogP contribution in [0.15, 0.2) is 29.4 Å². The van der Waals surface area contributed by atoms with Crippen LogP contribution in [0, 0.1) is 5.82 Å². The molecule has 24 heavy (non-hydrogen) atoms. The van der Waals surface area contributed by atoms with Crippen LogP contribution in [0.4, 0.5) is 4.39 Å². The van der Waals surface area contributed by atoms with Crippen molar-refractivity contribution in [3.05, 3.63) is 35.6 Å². The van der Waals surface area contributed by atoms with Crippen LogP contribution in [0.1, 0.15) is 43.7 Å². The first kappa shape index (κ1) is 16.9. The molecule has 2 aromatic rings. The Hall–Kier alpha value is -1.96. The molecule has 1 aliphatic rings. The van der Waals surface area contributed by atoms with Gasteiger partial charge in [0.2, 0.25) is 11.1 Å². The number of amides is 1. The average Bonchev–Trinajstić information content (AvgIpc) is 3.08. The van der Waals surface area contributed by atoms with E-state index in [2.05, 4.69) is 20.8 Å². The second-order valence-corrected chi connectivity index (χ2v) is 6.80. The summed E-state index contributed by atoms with van der Waals surface area (Å²) in [7, 11) is 0. The highest BCUT2D eigenvalue weighted by Gasteiger charge is 2.20. The summed E-state index contributed by atoms with van der Waals surface area (Å²) < 4.78 is 15.4. The zero-order valence-corrected chi connectivity index (χ0v) is 14.1. The highest BCUT2D eigenvalue weighted by atomic mass is 32.2. The van der Waals surface area contributed by atoms with E-state index in [-0.39, 0.29) is 24.0 Å². The monoisotopic (exact) mass is 349 g/mol. The first-order valence-electron chi connectivity index (χ1n) is 8.15. The maximum absolute atomic E-state index is 13.5. The van der Waals surface area contributed by atoms with E-state index in [1.165, 1.54) is 37.1 Å². The van der Waals surface area contributed by atoms with Crippen molar-refractivity contribution in [1.82, 2.24) is 25.5 Å². The van der Waals surface area contributed by atoms with Gasteiger partial charge in [-0.2, -0.15) is 0 Å². The Labute approximate surface area is 144 Å². The van der Waals surface area contributed by atoms with Gasteiger partial charge in [0.1, 0.15) is 5.82 Å². The SMILES string of the molecule is O=C(CSc1nnnn1C1CCCCC1)NCc1ccccc1F. The third-order valence-corrected chi connectivity index (χ3v) is 5.08. The van der Waals surface area contributed by atoms with Gasteiger partial charge in [-0.3, -0.25) is 4.79 Å². The molecule has 1 heterocycles. The lowest BCUT2D eigenvalue weighted by atomic mass is 9.96. The van der Waals surface area contributed by atoms with Crippen LogP contribution in [0.5, 0.6) is 0 Å². The summed E-state index contributed by atoms with van der Waals surface area (Å²) in [4.78, 5) is 12.0. The number of benzene rings is 1. The number of carbonyl (C=O) groups excluding carboxylic acids is 1. The van der Waals surface area contributed by atoms with Crippen LogP contribution in [-0.4, -0.2) is 31.9 Å². The Bertz CT molecular complexity index is 687. The fourth-order valence-electron chi connectivity index (χ4n) is 2.85. The molecule has 0 bridgehead atoms. The smallest absolute Gasteiger partial charge is 0.230 e. The van der Waals surface area contributed by atoms with Gasteiger partial charge in [0.25, 0.3) is 0 Å². The molecule has 1 amide bonds. The molecule has 1 saturated carbocycles. The van der Waals surface area contributed by atoms with Crippen LogP contribution >= 0.6 is 11.8 Å². The molecule has 3 rings (SSSR count). The number of hydrogen-bond acceptors (Lipinski definition) is 5. The molecule has 1 N–H and O–H groups in total. The van der Waals surface area contributed by atoms with Crippen molar-refractivity contribution in [1.29, 1.82) is 0 Å². The largest absolute Gasteiger partial charge is 0.351 e. The number of aromatic nitrogens is 4. The highest BCUT2D eigenvalue weighted by molar-refractivity contribution is 7.99. The quantitative estimate of drug-likeness (QED) is 0.812. The number of nitrogens with zero attached hydrogens (tertiary/aromatic N) is 4. The topological polar surface area (TPSA) is 72.7 Å². The van der Waals surface area contributed by atoms with Gasteiger partial charge in [0, 0.05) is 12.1 Å². The molecule has 0 spiro atoms. The first-order valence-corrected chi connectivity index (χ1v) is 9.13. The molecule has 0 aliphatic heterocycles. The maximum Gasteiger partial charge on any atom is 0.230 e. The van der Waals surface area contributed by atoms with Crippen LogP contribution < -0.4 is 5.32 Å². The van der Waals surface area contributed by atoms with E-state index in [1.54, 1.807) is 18.2 Å². The van der Waals surface area contributed by atoms with E-state index in [1.807, 2.05) is 4.68 Å². The summed E-state index contributed by atoms with van der Waals surface area (Å²) in [6.07, 6.45) is 5.81. The van der Waals surface area contributed by atoms with E-state index >= 15 is 0 Å². The summed E-state index contributed by atoms with van der Waals surface area (Å²) >= 11 is 1.32. The van der Waals surface area contributed by atoms with E-state index in [0.717, 1.165) is 12.8 Å². The number of hydrogen-bond donors (Lipinski definition) is 1. The number of carbonyl (C=O) groups is 1. The molecule has 0 unspecified atom stereocenters. The summed E-state index contributed by atoms with van der Waals surface area (Å²) in [5, 5.41) is 15.2. The summed E-state index contributed by atoms with van der Waals surface area (Å²) in [5.41, 5.74) is 0.475. The standard InChI is InChI=1S/C16H20FN5OS/c17-14-9-5-4-6-12(14)10-18-15(23)11-24-16-19-20-21-22(16)13-7-2-1-3-8-13/h4-6,9,13H,1-3,7-8,10-11H2,(H,18,23). The van der Waals surface area contributed by atoms with E-state index in [9.17, 15) is 9.18 Å². The number of thioether (sulfide) groups is 1. The van der Waals surface area contributed by atoms with Crippen molar-refractivity contribution >= 4 is 17.7 Å². The lowest BCUT2D eigenvalue weighted by Crippen LogP contribution is -2.25. The Kier molecular flexibility index (Phi) is 5.79. The highest BCUT2D eigenvalue weighted by Crippen LogP contribution is 2.30. The zero-order valence-electron chi connectivity index (χ0n) is 13.3. The lowest BCUT2D eigenvalue weighted by molar-refractivity contribution is -0.118. The molecule has 6 nitrogen and oxygen atoms in total. The minimum Gasteiger partial charge on any atom is -0.351 e. The summed E-state index contributed by atoms with van der Waals surface area (Å²) in [6, 6.07) is 6.75. The predicted molar refractivity (Wildman–Crippen MR) is 88.9 cm³/mol. The van der Waals surface area contributed by atoms with Crippen molar-refractivity contribution in [2.24, 2.45) is 0 Å². The molecule has 1 aromatic carbocycles. The van der Waals surface area contributed by atoms with Crippen molar-refractivity contribution in [3.63, 3.8) is 0 Å². The van der Waals surface area contributed by atoms with Crippen molar-refractivity contribution in [3.8, 4) is 0 Å². The van der Waals surface area contributed by atoms with Gasteiger partial charge < -0.3 is 5.32 Å². The normalized spacial score (nSPS) is 15.4. The molecule has 128 valence electrons. The first-order chi connectivity index (χ1) is 11.7. The molecule has 0 saturated heterocycles. The minimum atomic E-state index is -0.313. The van der Waals surface area contributed by atoms with Gasteiger partial charge in [0.15, 0.2) is 0 Å². The maximum atomic E-state index is 13.5. The third kappa shape index (κ3) is 4.31. The average molecular weight is 349 g/mol. The number of rotatable bonds is 6. The van der Waals surface area contributed by atoms with Gasteiger partial charge in [-0.1, -0.05) is 49.2 Å². The molecule has 1 fully saturated rings. The summed E-state index contributed by atoms with van der Waals surface area (Å²) in [5.74, 6) is -0.269. The second kappa shape index (κ2) is 8.23. The minimum absolute atomic E-state index is 0.165. The molecule has 0 atom stereocenters. The predicted octanol–water partition coefficient (Wildman–Crippen LogP) is 2.73. The number of halogens is 1. The Morgan fingerprint density at radius 1 is 1.29 bits per heavy atom. The van der Waals surface area contributed by atoms with Gasteiger partial charge in [-0.25, -0.2) is 9.07 Å². The van der Waals surface area contributed by atoms with Crippen molar-refractivity contribution in [2.75, 3.05) is 5.75 Å². The van der Waals surface area contributed by atoms with Crippen molar-refractivity contribution < 1.29 is 9.18 Å². The van der Waals surface area contributed by atoms with Gasteiger partial charge >= 0.3 is 0 Å².